The SMILES string of the molecule is CC[C@@H](CO)NC1CCC(C(C)(C)C)CC1. The van der Waals surface area contributed by atoms with Crippen molar-refractivity contribution in [2.75, 3.05) is 6.61 Å². The number of aliphatic hydroxyl groups is 1. The molecule has 0 saturated heterocycles. The molecular weight excluding hydrogens is 198 g/mol. The molecule has 1 aliphatic rings. The molecule has 0 spiro atoms. The molecule has 2 N–H and O–H groups in total. The van der Waals surface area contributed by atoms with Crippen LogP contribution in [0.2, 0.25) is 0 Å². The molecule has 0 aliphatic heterocycles. The van der Waals surface area contributed by atoms with Crippen molar-refractivity contribution < 1.29 is 5.11 Å². The third-order valence-electron chi connectivity index (χ3n) is 4.14. The molecule has 2 heteroatoms. The zero-order valence-electron chi connectivity index (χ0n) is 11.4. The number of nitrogens with one attached hydrogen (secondary N) is 1. The molecule has 0 unspecified atom stereocenters. The lowest BCUT2D eigenvalue weighted by Gasteiger charge is -2.38. The molecule has 0 heterocycles. The van der Waals surface area contributed by atoms with Gasteiger partial charge in [-0.05, 0) is 43.4 Å². The normalized spacial score (nSPS) is 29.1. The van der Waals surface area contributed by atoms with Gasteiger partial charge in [-0.3, -0.25) is 0 Å². The minimum absolute atomic E-state index is 0.274. The van der Waals surface area contributed by atoms with Crippen molar-refractivity contribution in [2.24, 2.45) is 11.3 Å². The summed E-state index contributed by atoms with van der Waals surface area (Å²) in [4.78, 5) is 0. The van der Waals surface area contributed by atoms with Gasteiger partial charge in [-0.1, -0.05) is 27.7 Å². The number of rotatable bonds is 4. The van der Waals surface area contributed by atoms with Gasteiger partial charge in [0.2, 0.25) is 0 Å². The lowest BCUT2D eigenvalue weighted by atomic mass is 9.71. The van der Waals surface area contributed by atoms with Crippen LogP contribution in [-0.4, -0.2) is 23.8 Å². The standard InChI is InChI=1S/C14H29NO/c1-5-12(10-16)15-13-8-6-11(7-9-13)14(2,3)4/h11-13,15-16H,5-10H2,1-4H3/t11?,12-,13?/m0/s1. The van der Waals surface area contributed by atoms with Gasteiger partial charge in [-0.15, -0.1) is 0 Å². The molecule has 0 bridgehead atoms. The van der Waals surface area contributed by atoms with Crippen LogP contribution < -0.4 is 5.32 Å². The Kier molecular flexibility index (Phi) is 5.26. The van der Waals surface area contributed by atoms with E-state index in [4.69, 9.17) is 0 Å². The second kappa shape index (κ2) is 6.02. The fraction of sp³-hybridized carbons (Fsp3) is 1.00. The van der Waals surface area contributed by atoms with Crippen molar-refractivity contribution in [1.82, 2.24) is 5.32 Å². The van der Waals surface area contributed by atoms with E-state index in [1.54, 1.807) is 0 Å². The molecule has 0 aromatic carbocycles. The van der Waals surface area contributed by atoms with E-state index in [0.29, 0.717) is 17.5 Å². The third-order valence-corrected chi connectivity index (χ3v) is 4.14. The second-order valence-electron chi connectivity index (χ2n) is 6.37. The van der Waals surface area contributed by atoms with E-state index in [1.165, 1.54) is 25.7 Å². The topological polar surface area (TPSA) is 32.3 Å². The van der Waals surface area contributed by atoms with Crippen molar-refractivity contribution in [3.8, 4) is 0 Å². The van der Waals surface area contributed by atoms with Gasteiger partial charge in [0.25, 0.3) is 0 Å². The molecule has 0 radical (unpaired) electrons. The highest BCUT2D eigenvalue weighted by atomic mass is 16.3. The highest BCUT2D eigenvalue weighted by molar-refractivity contribution is 4.84. The number of hydrogen-bond donors (Lipinski definition) is 2. The Balaban J connectivity index is 2.32. The van der Waals surface area contributed by atoms with E-state index >= 15 is 0 Å². The lowest BCUT2D eigenvalue weighted by Crippen LogP contribution is -2.43. The molecule has 0 aromatic heterocycles. The molecule has 1 saturated carbocycles. The van der Waals surface area contributed by atoms with E-state index in [9.17, 15) is 5.11 Å². The maximum atomic E-state index is 9.18. The van der Waals surface area contributed by atoms with Crippen molar-refractivity contribution in [3.63, 3.8) is 0 Å². The Morgan fingerprint density at radius 3 is 2.12 bits per heavy atom. The largest absolute Gasteiger partial charge is 0.395 e. The summed E-state index contributed by atoms with van der Waals surface area (Å²) in [6, 6.07) is 0.937. The van der Waals surface area contributed by atoms with Gasteiger partial charge in [0.15, 0.2) is 0 Å². The zero-order valence-corrected chi connectivity index (χ0v) is 11.4. The molecule has 0 amide bonds. The Bertz CT molecular complexity index is 185. The third kappa shape index (κ3) is 4.06. The van der Waals surface area contributed by atoms with E-state index in [0.717, 1.165) is 12.3 Å². The van der Waals surface area contributed by atoms with E-state index in [-0.39, 0.29) is 6.61 Å². The van der Waals surface area contributed by atoms with Crippen LogP contribution >= 0.6 is 0 Å². The minimum atomic E-state index is 0.274. The van der Waals surface area contributed by atoms with Gasteiger partial charge in [-0.25, -0.2) is 0 Å². The molecule has 1 fully saturated rings. The Labute approximate surface area is 101 Å². The lowest BCUT2D eigenvalue weighted by molar-refractivity contribution is 0.146. The molecule has 1 aliphatic carbocycles. The van der Waals surface area contributed by atoms with E-state index in [2.05, 4.69) is 33.0 Å². The van der Waals surface area contributed by atoms with Crippen molar-refractivity contribution in [3.05, 3.63) is 0 Å². The molecule has 1 atom stereocenters. The predicted molar refractivity (Wildman–Crippen MR) is 69.5 cm³/mol. The Morgan fingerprint density at radius 2 is 1.75 bits per heavy atom. The quantitative estimate of drug-likeness (QED) is 0.774. The van der Waals surface area contributed by atoms with Gasteiger partial charge < -0.3 is 10.4 Å². The van der Waals surface area contributed by atoms with Gasteiger partial charge in [0, 0.05) is 12.1 Å². The van der Waals surface area contributed by atoms with Crippen LogP contribution in [0.5, 0.6) is 0 Å². The maximum absolute atomic E-state index is 9.18. The maximum Gasteiger partial charge on any atom is 0.0584 e. The fourth-order valence-electron chi connectivity index (χ4n) is 2.76. The van der Waals surface area contributed by atoms with Gasteiger partial charge in [-0.2, -0.15) is 0 Å². The van der Waals surface area contributed by atoms with E-state index in [1.807, 2.05) is 0 Å². The van der Waals surface area contributed by atoms with Gasteiger partial charge >= 0.3 is 0 Å². The highest BCUT2D eigenvalue weighted by Gasteiger charge is 2.29. The second-order valence-corrected chi connectivity index (χ2v) is 6.37. The predicted octanol–water partition coefficient (Wildman–Crippen LogP) is 2.95. The summed E-state index contributed by atoms with van der Waals surface area (Å²) in [5.74, 6) is 0.875. The minimum Gasteiger partial charge on any atom is -0.395 e. The highest BCUT2D eigenvalue weighted by Crippen LogP contribution is 2.37. The molecule has 0 aromatic rings. The number of aliphatic hydroxyl groups excluding tert-OH is 1. The average Bonchev–Trinajstić information content (AvgIpc) is 2.25. The summed E-state index contributed by atoms with van der Waals surface area (Å²) in [6.07, 6.45) is 6.25. The van der Waals surface area contributed by atoms with Crippen LogP contribution in [0.25, 0.3) is 0 Å². The van der Waals surface area contributed by atoms with Crippen LogP contribution in [0.4, 0.5) is 0 Å². The Hall–Kier alpha value is -0.0800. The number of hydrogen-bond acceptors (Lipinski definition) is 2. The van der Waals surface area contributed by atoms with Crippen LogP contribution in [0, 0.1) is 11.3 Å². The first-order valence-electron chi connectivity index (χ1n) is 6.84. The molecule has 16 heavy (non-hydrogen) atoms. The van der Waals surface area contributed by atoms with Crippen LogP contribution in [-0.2, 0) is 0 Å². The molecular formula is C14H29NO. The van der Waals surface area contributed by atoms with Crippen molar-refractivity contribution >= 4 is 0 Å². The molecule has 96 valence electrons. The molecule has 2 nitrogen and oxygen atoms in total. The summed E-state index contributed by atoms with van der Waals surface area (Å²) < 4.78 is 0. The van der Waals surface area contributed by atoms with Crippen molar-refractivity contribution in [2.45, 2.75) is 71.9 Å². The summed E-state index contributed by atoms with van der Waals surface area (Å²) >= 11 is 0. The van der Waals surface area contributed by atoms with Crippen LogP contribution in [0.3, 0.4) is 0 Å². The van der Waals surface area contributed by atoms with Crippen LogP contribution in [0.15, 0.2) is 0 Å². The van der Waals surface area contributed by atoms with Crippen LogP contribution in [0.1, 0.15) is 59.8 Å². The fourth-order valence-corrected chi connectivity index (χ4v) is 2.76. The van der Waals surface area contributed by atoms with Crippen molar-refractivity contribution in [1.29, 1.82) is 0 Å². The average molecular weight is 227 g/mol. The summed E-state index contributed by atoms with van der Waals surface area (Å²) in [5, 5.41) is 12.8. The Morgan fingerprint density at radius 1 is 1.19 bits per heavy atom. The zero-order chi connectivity index (χ0) is 12.2. The smallest absolute Gasteiger partial charge is 0.0584 e. The first-order chi connectivity index (χ1) is 7.47. The first kappa shape index (κ1) is 14.0. The van der Waals surface area contributed by atoms with Gasteiger partial charge in [0.05, 0.1) is 6.61 Å². The monoisotopic (exact) mass is 227 g/mol. The molecule has 1 rings (SSSR count). The summed E-state index contributed by atoms with van der Waals surface area (Å²) in [7, 11) is 0. The van der Waals surface area contributed by atoms with Gasteiger partial charge in [0.1, 0.15) is 0 Å². The summed E-state index contributed by atoms with van der Waals surface area (Å²) in [5.41, 5.74) is 0.464. The van der Waals surface area contributed by atoms with E-state index < -0.39 is 0 Å². The summed E-state index contributed by atoms with van der Waals surface area (Å²) in [6.45, 7) is 9.47. The first-order valence-corrected chi connectivity index (χ1v) is 6.84.